The minimum atomic E-state index is 0.871. The Balaban J connectivity index is 2.10. The maximum absolute atomic E-state index is 2.46. The van der Waals surface area contributed by atoms with Gasteiger partial charge in [0.15, 0.2) is 0 Å². The molecule has 1 nitrogen and oxygen atoms in total. The maximum atomic E-state index is 2.46. The summed E-state index contributed by atoms with van der Waals surface area (Å²) in [7, 11) is 0. The second-order valence-electron chi connectivity index (χ2n) is 4.18. The summed E-state index contributed by atoms with van der Waals surface area (Å²) in [5, 5.41) is 0. The van der Waals surface area contributed by atoms with Gasteiger partial charge in [-0.1, -0.05) is 12.2 Å². The van der Waals surface area contributed by atoms with Crippen molar-refractivity contribution < 1.29 is 0 Å². The van der Waals surface area contributed by atoms with Gasteiger partial charge >= 0.3 is 0 Å². The van der Waals surface area contributed by atoms with E-state index in [9.17, 15) is 0 Å². The number of hydrogen-bond acceptors (Lipinski definition) is 1. The Kier molecular flexibility index (Phi) is 1.58. The molecule has 0 radical (unpaired) electrons. The average molecular weight is 173 g/mol. The summed E-state index contributed by atoms with van der Waals surface area (Å²) in [6, 6.07) is 0. The van der Waals surface area contributed by atoms with E-state index in [1.54, 1.807) is 11.3 Å². The Labute approximate surface area is 79.4 Å². The first-order valence-electron chi connectivity index (χ1n) is 5.30. The quantitative estimate of drug-likeness (QED) is 0.544. The van der Waals surface area contributed by atoms with E-state index < -0.39 is 0 Å². The Bertz CT molecular complexity index is 309. The number of nitrogens with zero attached hydrogens (tertiary/aromatic N) is 1. The summed E-state index contributed by atoms with van der Waals surface area (Å²) < 4.78 is 0. The van der Waals surface area contributed by atoms with Gasteiger partial charge in [0, 0.05) is 24.4 Å². The van der Waals surface area contributed by atoms with Crippen LogP contribution < -0.4 is 0 Å². The summed E-state index contributed by atoms with van der Waals surface area (Å²) in [5.74, 6) is 0.871. The van der Waals surface area contributed by atoms with Gasteiger partial charge in [-0.25, -0.2) is 0 Å². The molecule has 1 atom stereocenters. The maximum Gasteiger partial charge on any atom is 0.0238 e. The predicted octanol–water partition coefficient (Wildman–Crippen LogP) is 2.83. The van der Waals surface area contributed by atoms with Crippen LogP contribution in [0.4, 0.5) is 0 Å². The standard InChI is InChI=1S/C12H15N/c1-2-8-13-9-7-11-6-3-5-10(4-1)12(11)13/h1-2,4,8,11H,3,5-7,9H2. The molecule has 0 saturated carbocycles. The Morgan fingerprint density at radius 3 is 3.23 bits per heavy atom. The topological polar surface area (TPSA) is 3.24 Å². The first-order valence-corrected chi connectivity index (χ1v) is 5.30. The van der Waals surface area contributed by atoms with Crippen molar-refractivity contribution in [1.29, 1.82) is 0 Å². The zero-order chi connectivity index (χ0) is 8.67. The molecule has 2 heterocycles. The summed E-state index contributed by atoms with van der Waals surface area (Å²) in [5.41, 5.74) is 3.23. The fourth-order valence-corrected chi connectivity index (χ4v) is 2.83. The molecule has 0 amide bonds. The largest absolute Gasteiger partial charge is 0.351 e. The van der Waals surface area contributed by atoms with Crippen molar-refractivity contribution >= 4 is 0 Å². The van der Waals surface area contributed by atoms with Gasteiger partial charge < -0.3 is 4.90 Å². The molecule has 13 heavy (non-hydrogen) atoms. The lowest BCUT2D eigenvalue weighted by Crippen LogP contribution is -2.15. The number of rotatable bonds is 0. The molecule has 1 heteroatoms. The number of allylic oxidation sites excluding steroid dienone is 5. The van der Waals surface area contributed by atoms with Crippen LogP contribution in [0.5, 0.6) is 0 Å². The van der Waals surface area contributed by atoms with Crippen LogP contribution in [0, 0.1) is 5.92 Å². The normalized spacial score (nSPS) is 30.8. The minimum Gasteiger partial charge on any atom is -0.351 e. The summed E-state index contributed by atoms with van der Waals surface area (Å²) >= 11 is 0. The highest BCUT2D eigenvalue weighted by Gasteiger charge is 2.31. The van der Waals surface area contributed by atoms with E-state index in [4.69, 9.17) is 0 Å². The van der Waals surface area contributed by atoms with Crippen LogP contribution in [0.15, 0.2) is 35.7 Å². The molecule has 0 N–H and O–H groups in total. The summed E-state index contributed by atoms with van der Waals surface area (Å²) in [6.45, 7) is 1.24. The van der Waals surface area contributed by atoms with Crippen LogP contribution in [0.2, 0.25) is 0 Å². The molecule has 0 aromatic heterocycles. The molecule has 3 aliphatic rings. The van der Waals surface area contributed by atoms with Gasteiger partial charge in [-0.3, -0.25) is 0 Å². The van der Waals surface area contributed by atoms with Crippen LogP contribution >= 0.6 is 0 Å². The third-order valence-electron chi connectivity index (χ3n) is 3.42. The van der Waals surface area contributed by atoms with E-state index in [1.807, 2.05) is 0 Å². The summed E-state index contributed by atoms with van der Waals surface area (Å²) in [6.07, 6.45) is 14.4. The smallest absolute Gasteiger partial charge is 0.0238 e. The monoisotopic (exact) mass is 173 g/mol. The van der Waals surface area contributed by atoms with E-state index in [2.05, 4.69) is 29.3 Å². The fourth-order valence-electron chi connectivity index (χ4n) is 2.83. The molecule has 1 fully saturated rings. The predicted molar refractivity (Wildman–Crippen MR) is 54.0 cm³/mol. The second-order valence-corrected chi connectivity index (χ2v) is 4.18. The molecule has 0 aromatic rings. The molecule has 0 aromatic carbocycles. The van der Waals surface area contributed by atoms with Gasteiger partial charge in [0.25, 0.3) is 0 Å². The first kappa shape index (κ1) is 7.43. The Morgan fingerprint density at radius 2 is 2.23 bits per heavy atom. The molecule has 1 aliphatic carbocycles. The van der Waals surface area contributed by atoms with E-state index in [1.165, 1.54) is 32.2 Å². The van der Waals surface area contributed by atoms with E-state index in [0.29, 0.717) is 0 Å². The highest BCUT2D eigenvalue weighted by Crippen LogP contribution is 2.40. The van der Waals surface area contributed by atoms with Crippen LogP contribution in [-0.2, 0) is 0 Å². The van der Waals surface area contributed by atoms with Gasteiger partial charge in [0.05, 0.1) is 0 Å². The SMILES string of the molecule is C1=CC2=C3C(CCC2)CCN3C=C1. The van der Waals surface area contributed by atoms with Crippen molar-refractivity contribution in [3.05, 3.63) is 35.7 Å². The highest BCUT2D eigenvalue weighted by atomic mass is 15.1. The van der Waals surface area contributed by atoms with Crippen LogP contribution in [0.25, 0.3) is 0 Å². The first-order chi connectivity index (χ1) is 6.45. The molecule has 2 aliphatic heterocycles. The van der Waals surface area contributed by atoms with Crippen molar-refractivity contribution in [1.82, 2.24) is 4.90 Å². The van der Waals surface area contributed by atoms with Crippen molar-refractivity contribution in [2.45, 2.75) is 25.7 Å². The van der Waals surface area contributed by atoms with Crippen molar-refractivity contribution in [2.75, 3.05) is 6.54 Å². The lowest BCUT2D eigenvalue weighted by molar-refractivity contribution is 0.480. The third kappa shape index (κ3) is 1.06. The zero-order valence-corrected chi connectivity index (χ0v) is 7.87. The molecular formula is C12H15N. The lowest BCUT2D eigenvalue weighted by Gasteiger charge is -2.25. The molecular weight excluding hydrogens is 158 g/mol. The molecule has 1 saturated heterocycles. The molecule has 68 valence electrons. The van der Waals surface area contributed by atoms with Crippen LogP contribution in [-0.4, -0.2) is 11.4 Å². The molecule has 0 spiro atoms. The lowest BCUT2D eigenvalue weighted by atomic mass is 9.87. The van der Waals surface area contributed by atoms with Crippen molar-refractivity contribution in [2.24, 2.45) is 5.92 Å². The van der Waals surface area contributed by atoms with Crippen molar-refractivity contribution in [3.8, 4) is 0 Å². The Morgan fingerprint density at radius 1 is 1.23 bits per heavy atom. The van der Waals surface area contributed by atoms with Gasteiger partial charge in [-0.15, -0.1) is 0 Å². The van der Waals surface area contributed by atoms with Gasteiger partial charge in [0.2, 0.25) is 0 Å². The number of hydrogen-bond donors (Lipinski definition) is 0. The van der Waals surface area contributed by atoms with E-state index in [0.717, 1.165) is 5.92 Å². The van der Waals surface area contributed by atoms with Crippen molar-refractivity contribution in [3.63, 3.8) is 0 Å². The molecule has 3 rings (SSSR count). The minimum absolute atomic E-state index is 0.871. The van der Waals surface area contributed by atoms with E-state index >= 15 is 0 Å². The highest BCUT2D eigenvalue weighted by molar-refractivity contribution is 5.35. The van der Waals surface area contributed by atoms with Crippen LogP contribution in [0.1, 0.15) is 25.7 Å². The molecule has 1 unspecified atom stereocenters. The second kappa shape index (κ2) is 2.76. The zero-order valence-electron chi connectivity index (χ0n) is 7.87. The third-order valence-corrected chi connectivity index (χ3v) is 3.42. The summed E-state index contributed by atoms with van der Waals surface area (Å²) in [4.78, 5) is 2.46. The van der Waals surface area contributed by atoms with Gasteiger partial charge in [-0.05, 0) is 37.3 Å². The fraction of sp³-hybridized carbons (Fsp3) is 0.500. The Hall–Kier alpha value is -0.980. The van der Waals surface area contributed by atoms with Gasteiger partial charge in [-0.2, -0.15) is 0 Å². The average Bonchev–Trinajstić information content (AvgIpc) is 2.44. The van der Waals surface area contributed by atoms with E-state index in [-0.39, 0.29) is 0 Å². The molecule has 0 bridgehead atoms. The van der Waals surface area contributed by atoms with Crippen LogP contribution in [0.3, 0.4) is 0 Å². The van der Waals surface area contributed by atoms with Gasteiger partial charge in [0.1, 0.15) is 0 Å².